The quantitative estimate of drug-likeness (QED) is 0.211. The Morgan fingerprint density at radius 2 is 1.55 bits per heavy atom. The van der Waals surface area contributed by atoms with Gasteiger partial charge in [-0.2, -0.15) is 0 Å². The lowest BCUT2D eigenvalue weighted by Crippen LogP contribution is -2.00. The van der Waals surface area contributed by atoms with Gasteiger partial charge in [-0.1, -0.05) is 64.7 Å². The molecule has 1 saturated carbocycles. The van der Waals surface area contributed by atoms with E-state index in [1.54, 1.807) is 0 Å². The summed E-state index contributed by atoms with van der Waals surface area (Å²) < 4.78 is 11.5. The molecular weight excluding hydrogens is 410 g/mol. The highest BCUT2D eigenvalue weighted by Crippen LogP contribution is 2.34. The molecule has 182 valence electrons. The molecule has 0 saturated heterocycles. The van der Waals surface area contributed by atoms with Gasteiger partial charge in [-0.3, -0.25) is 9.97 Å². The molecule has 0 aromatic carbocycles. The fraction of sp³-hybridized carbons (Fsp3) is 0.679. The summed E-state index contributed by atoms with van der Waals surface area (Å²) in [5.41, 5.74) is 2.86. The van der Waals surface area contributed by atoms with Crippen LogP contribution in [-0.4, -0.2) is 34.8 Å². The number of pyridine rings is 1. The highest BCUT2D eigenvalue weighted by atomic mass is 16.5. The van der Waals surface area contributed by atoms with Crippen LogP contribution in [0, 0.1) is 5.92 Å². The van der Waals surface area contributed by atoms with Gasteiger partial charge in [-0.15, -0.1) is 0 Å². The number of hydrogen-bond acceptors (Lipinski definition) is 5. The molecule has 3 rings (SSSR count). The Morgan fingerprint density at radius 3 is 2.27 bits per heavy atom. The third-order valence-corrected chi connectivity index (χ3v) is 6.30. The molecule has 0 bridgehead atoms. The van der Waals surface area contributed by atoms with E-state index < -0.39 is 0 Å². The minimum Gasteiger partial charge on any atom is -0.478 e. The molecule has 1 aliphatic carbocycles. The third-order valence-electron chi connectivity index (χ3n) is 6.30. The number of hydrogen-bond donors (Lipinski definition) is 0. The van der Waals surface area contributed by atoms with Crippen LogP contribution in [0.3, 0.4) is 0 Å². The van der Waals surface area contributed by atoms with E-state index in [4.69, 9.17) is 9.47 Å². The Bertz CT molecular complexity index is 745. The Balaban J connectivity index is 1.25. The second kappa shape index (κ2) is 15.8. The van der Waals surface area contributed by atoms with Gasteiger partial charge in [-0.25, -0.2) is 4.98 Å². The van der Waals surface area contributed by atoms with Crippen LogP contribution in [0.15, 0.2) is 30.7 Å². The highest BCUT2D eigenvalue weighted by Gasteiger charge is 2.19. The minimum absolute atomic E-state index is 0.689. The predicted molar refractivity (Wildman–Crippen MR) is 134 cm³/mol. The van der Waals surface area contributed by atoms with E-state index >= 15 is 0 Å². The van der Waals surface area contributed by atoms with Gasteiger partial charge in [0.2, 0.25) is 5.88 Å². The van der Waals surface area contributed by atoms with Crippen molar-refractivity contribution in [3.8, 4) is 17.1 Å². The average molecular weight is 454 g/mol. The second-order valence-corrected chi connectivity index (χ2v) is 9.40. The topological polar surface area (TPSA) is 57.1 Å². The zero-order valence-corrected chi connectivity index (χ0v) is 20.6. The Hall–Kier alpha value is -2.01. The number of aryl methyl sites for hydroxylation is 1. The van der Waals surface area contributed by atoms with Crippen molar-refractivity contribution in [1.82, 2.24) is 15.0 Å². The van der Waals surface area contributed by atoms with Crippen molar-refractivity contribution >= 4 is 0 Å². The van der Waals surface area contributed by atoms with Crippen molar-refractivity contribution in [2.24, 2.45) is 5.92 Å². The summed E-state index contributed by atoms with van der Waals surface area (Å²) in [6, 6.07) is 3.94. The molecule has 0 N–H and O–H groups in total. The first kappa shape index (κ1) is 25.6. The molecule has 0 aliphatic heterocycles. The summed E-state index contributed by atoms with van der Waals surface area (Å²) in [7, 11) is 0. The third kappa shape index (κ3) is 11.1. The SMILES string of the molecule is CCCCCCOCCCCc1cnc(-c2ccc(OCCCCCCC3CC3)nc2)cn1. The molecule has 0 radical (unpaired) electrons. The Labute approximate surface area is 200 Å². The van der Waals surface area contributed by atoms with Crippen molar-refractivity contribution in [3.05, 3.63) is 36.4 Å². The van der Waals surface area contributed by atoms with Gasteiger partial charge < -0.3 is 9.47 Å². The number of nitrogens with zero attached hydrogens (tertiary/aromatic N) is 3. The number of aromatic nitrogens is 3. The van der Waals surface area contributed by atoms with Crippen LogP contribution < -0.4 is 4.74 Å². The van der Waals surface area contributed by atoms with Gasteiger partial charge >= 0.3 is 0 Å². The molecule has 2 heterocycles. The summed E-state index contributed by atoms with van der Waals surface area (Å²) in [4.78, 5) is 13.6. The van der Waals surface area contributed by atoms with Crippen molar-refractivity contribution in [1.29, 1.82) is 0 Å². The molecule has 1 fully saturated rings. The van der Waals surface area contributed by atoms with Crippen molar-refractivity contribution in [3.63, 3.8) is 0 Å². The van der Waals surface area contributed by atoms with E-state index in [1.165, 1.54) is 64.2 Å². The maximum absolute atomic E-state index is 5.80. The van der Waals surface area contributed by atoms with Crippen molar-refractivity contribution < 1.29 is 9.47 Å². The maximum Gasteiger partial charge on any atom is 0.213 e. The zero-order chi connectivity index (χ0) is 23.0. The van der Waals surface area contributed by atoms with Gasteiger partial charge in [0.15, 0.2) is 0 Å². The van der Waals surface area contributed by atoms with Crippen LogP contribution in [0.25, 0.3) is 11.3 Å². The van der Waals surface area contributed by atoms with Gasteiger partial charge in [0.25, 0.3) is 0 Å². The maximum atomic E-state index is 5.80. The summed E-state index contributed by atoms with van der Waals surface area (Å²) in [5.74, 6) is 1.74. The standard InChI is InChI=1S/C28H43N3O2/c1-2-3-4-9-18-32-19-11-8-13-26-22-30-27(23-29-26)25-16-17-28(31-21-25)33-20-10-6-5-7-12-24-14-15-24/h16-17,21-24H,2-15,18-20H2,1H3. The van der Waals surface area contributed by atoms with Crippen molar-refractivity contribution in [2.45, 2.75) is 96.8 Å². The molecule has 2 aromatic rings. The van der Waals surface area contributed by atoms with E-state index in [0.717, 1.165) is 68.4 Å². The van der Waals surface area contributed by atoms with Gasteiger partial charge in [-0.05, 0) is 44.1 Å². The molecule has 0 atom stereocenters. The lowest BCUT2D eigenvalue weighted by Gasteiger charge is -2.07. The smallest absolute Gasteiger partial charge is 0.213 e. The number of ether oxygens (including phenoxy) is 2. The predicted octanol–water partition coefficient (Wildman–Crippen LogP) is 7.20. The normalized spacial score (nSPS) is 13.4. The molecule has 1 aliphatic rings. The average Bonchev–Trinajstić information content (AvgIpc) is 3.68. The van der Waals surface area contributed by atoms with Crippen LogP contribution >= 0.6 is 0 Å². The molecule has 0 unspecified atom stereocenters. The molecular formula is C28H43N3O2. The molecule has 0 amide bonds. The molecule has 33 heavy (non-hydrogen) atoms. The van der Waals surface area contributed by atoms with E-state index in [0.29, 0.717) is 5.88 Å². The molecule has 0 spiro atoms. The van der Waals surface area contributed by atoms with E-state index in [9.17, 15) is 0 Å². The number of unbranched alkanes of at least 4 members (excludes halogenated alkanes) is 7. The van der Waals surface area contributed by atoms with E-state index in [2.05, 4.69) is 21.9 Å². The largest absolute Gasteiger partial charge is 0.478 e. The first-order chi connectivity index (χ1) is 16.3. The lowest BCUT2D eigenvalue weighted by molar-refractivity contribution is 0.126. The summed E-state index contributed by atoms with van der Waals surface area (Å²) >= 11 is 0. The van der Waals surface area contributed by atoms with Gasteiger partial charge in [0.05, 0.1) is 24.2 Å². The van der Waals surface area contributed by atoms with Crippen LogP contribution in [-0.2, 0) is 11.2 Å². The first-order valence-electron chi connectivity index (χ1n) is 13.3. The van der Waals surface area contributed by atoms with Gasteiger partial charge in [0.1, 0.15) is 0 Å². The number of rotatable bonds is 19. The first-order valence-corrected chi connectivity index (χ1v) is 13.3. The molecule has 2 aromatic heterocycles. The van der Waals surface area contributed by atoms with Crippen LogP contribution in [0.1, 0.15) is 96.1 Å². The van der Waals surface area contributed by atoms with Crippen LogP contribution in [0.4, 0.5) is 0 Å². The summed E-state index contributed by atoms with van der Waals surface area (Å²) in [5, 5.41) is 0. The molecule has 5 nitrogen and oxygen atoms in total. The second-order valence-electron chi connectivity index (χ2n) is 9.40. The van der Waals surface area contributed by atoms with E-state index in [1.807, 2.05) is 30.7 Å². The Morgan fingerprint density at radius 1 is 0.758 bits per heavy atom. The highest BCUT2D eigenvalue weighted by molar-refractivity contribution is 5.56. The summed E-state index contributed by atoms with van der Waals surface area (Å²) in [6.07, 6.45) is 23.1. The fourth-order valence-corrected chi connectivity index (χ4v) is 3.97. The summed E-state index contributed by atoms with van der Waals surface area (Å²) in [6.45, 7) is 4.72. The minimum atomic E-state index is 0.689. The van der Waals surface area contributed by atoms with E-state index in [-0.39, 0.29) is 0 Å². The van der Waals surface area contributed by atoms with Crippen LogP contribution in [0.5, 0.6) is 5.88 Å². The van der Waals surface area contributed by atoms with Crippen molar-refractivity contribution in [2.75, 3.05) is 19.8 Å². The monoisotopic (exact) mass is 453 g/mol. The zero-order valence-electron chi connectivity index (χ0n) is 20.6. The van der Waals surface area contributed by atoms with Gasteiger partial charge in [0, 0.05) is 37.2 Å². The van der Waals surface area contributed by atoms with Crippen LogP contribution in [0.2, 0.25) is 0 Å². The fourth-order valence-electron chi connectivity index (χ4n) is 3.97. The lowest BCUT2D eigenvalue weighted by atomic mass is 10.1. The molecule has 5 heteroatoms. The Kier molecular flexibility index (Phi) is 12.2.